The second-order valence-corrected chi connectivity index (χ2v) is 5.76. The van der Waals surface area contributed by atoms with Crippen LogP contribution in [-0.2, 0) is 4.79 Å². The Morgan fingerprint density at radius 2 is 2.11 bits per heavy atom. The zero-order chi connectivity index (χ0) is 13.9. The van der Waals surface area contributed by atoms with E-state index in [1.54, 1.807) is 0 Å². The van der Waals surface area contributed by atoms with E-state index in [1.165, 1.54) is 18.2 Å². The van der Waals surface area contributed by atoms with Gasteiger partial charge in [0.25, 0.3) is 0 Å². The molecule has 3 N–H and O–H groups in total. The van der Waals surface area contributed by atoms with Crippen molar-refractivity contribution in [2.24, 2.45) is 11.1 Å². The Balaban J connectivity index is 2.62. The Morgan fingerprint density at radius 3 is 2.61 bits per heavy atom. The number of anilines is 1. The lowest BCUT2D eigenvalue weighted by Crippen LogP contribution is -2.38. The number of hydrogen-bond acceptors (Lipinski definition) is 2. The first-order valence-corrected chi connectivity index (χ1v) is 6.08. The summed E-state index contributed by atoms with van der Waals surface area (Å²) in [5.74, 6) is -0.721. The summed E-state index contributed by atoms with van der Waals surface area (Å²) >= 11 is 5.62. The molecule has 0 saturated heterocycles. The molecular weight excluding hydrogens is 255 g/mol. The number of hydrogen-bond donors (Lipinski definition) is 2. The molecule has 0 spiro atoms. The maximum atomic E-state index is 12.9. The molecular formula is C13H18ClFN2O. The smallest absolute Gasteiger partial charge is 0.225 e. The lowest BCUT2D eigenvalue weighted by molar-refractivity contribution is -0.117. The molecule has 3 nitrogen and oxygen atoms in total. The monoisotopic (exact) mass is 272 g/mol. The summed E-state index contributed by atoms with van der Waals surface area (Å²) in [4.78, 5) is 11.7. The normalized spacial score (nSPS) is 13.2. The average Bonchev–Trinajstić information content (AvgIpc) is 2.22. The lowest BCUT2D eigenvalue weighted by atomic mass is 9.85. The van der Waals surface area contributed by atoms with Gasteiger partial charge in [-0.2, -0.15) is 0 Å². The predicted octanol–water partition coefficient (Wildman–Crippen LogP) is 3.18. The van der Waals surface area contributed by atoms with Gasteiger partial charge in [-0.1, -0.05) is 32.4 Å². The number of amides is 1. The number of carbonyl (C=O) groups is 1. The van der Waals surface area contributed by atoms with Gasteiger partial charge in [-0.25, -0.2) is 4.39 Å². The molecule has 5 heteroatoms. The minimum Gasteiger partial charge on any atom is -0.327 e. The molecule has 0 aromatic heterocycles. The van der Waals surface area contributed by atoms with Gasteiger partial charge >= 0.3 is 0 Å². The van der Waals surface area contributed by atoms with Crippen LogP contribution in [0.4, 0.5) is 10.1 Å². The van der Waals surface area contributed by atoms with Gasteiger partial charge in [-0.3, -0.25) is 4.79 Å². The molecule has 0 heterocycles. The van der Waals surface area contributed by atoms with Crippen LogP contribution in [0.25, 0.3) is 0 Å². The van der Waals surface area contributed by atoms with E-state index in [0.717, 1.165) is 0 Å². The maximum Gasteiger partial charge on any atom is 0.225 e. The van der Waals surface area contributed by atoms with Gasteiger partial charge in [0.2, 0.25) is 5.91 Å². The van der Waals surface area contributed by atoms with E-state index >= 15 is 0 Å². The summed E-state index contributed by atoms with van der Waals surface area (Å²) in [6.45, 7) is 5.92. The van der Waals surface area contributed by atoms with Crippen LogP contribution in [0.2, 0.25) is 5.02 Å². The van der Waals surface area contributed by atoms with E-state index in [1.807, 2.05) is 20.8 Å². The van der Waals surface area contributed by atoms with E-state index < -0.39 is 5.82 Å². The molecule has 0 aliphatic heterocycles. The summed E-state index contributed by atoms with van der Waals surface area (Å²) in [7, 11) is 0. The molecule has 1 aromatic carbocycles. The molecule has 0 radical (unpaired) electrons. The fourth-order valence-electron chi connectivity index (χ4n) is 1.29. The van der Waals surface area contributed by atoms with Crippen molar-refractivity contribution in [2.45, 2.75) is 33.2 Å². The van der Waals surface area contributed by atoms with Crippen LogP contribution < -0.4 is 11.1 Å². The fourth-order valence-corrected chi connectivity index (χ4v) is 1.47. The van der Waals surface area contributed by atoms with Crippen molar-refractivity contribution in [3.8, 4) is 0 Å². The summed E-state index contributed by atoms with van der Waals surface area (Å²) in [5.41, 5.74) is 6.24. The topological polar surface area (TPSA) is 55.1 Å². The zero-order valence-electron chi connectivity index (χ0n) is 10.8. The number of carbonyl (C=O) groups excluding carboxylic acids is 1. The standard InChI is InChI=1S/C13H18ClFN2O/c1-13(2,3)11(16)7-12(18)17-8-4-5-10(15)9(14)6-8/h4-6,11H,7,16H2,1-3H3,(H,17,18). The molecule has 0 bridgehead atoms. The Kier molecular flexibility index (Phi) is 4.71. The van der Waals surface area contributed by atoms with E-state index in [9.17, 15) is 9.18 Å². The van der Waals surface area contributed by atoms with Crippen LogP contribution in [0.15, 0.2) is 18.2 Å². The van der Waals surface area contributed by atoms with Crippen molar-refractivity contribution < 1.29 is 9.18 Å². The van der Waals surface area contributed by atoms with Crippen LogP contribution in [-0.4, -0.2) is 11.9 Å². The molecule has 0 aliphatic rings. The Bertz CT molecular complexity index is 443. The first-order chi connectivity index (χ1) is 8.20. The van der Waals surface area contributed by atoms with Gasteiger partial charge in [0.1, 0.15) is 5.82 Å². The number of rotatable bonds is 3. The maximum absolute atomic E-state index is 12.9. The third kappa shape index (κ3) is 4.27. The molecule has 100 valence electrons. The van der Waals surface area contributed by atoms with Gasteiger partial charge < -0.3 is 11.1 Å². The second kappa shape index (κ2) is 5.67. The Morgan fingerprint density at radius 1 is 1.50 bits per heavy atom. The number of nitrogens with two attached hydrogens (primary N) is 1. The van der Waals surface area contributed by atoms with Crippen molar-refractivity contribution in [1.82, 2.24) is 0 Å². The average molecular weight is 273 g/mol. The van der Waals surface area contributed by atoms with Gasteiger partial charge in [0.15, 0.2) is 0 Å². The second-order valence-electron chi connectivity index (χ2n) is 5.35. The predicted molar refractivity (Wildman–Crippen MR) is 72.1 cm³/mol. The quantitative estimate of drug-likeness (QED) is 0.888. The third-order valence-electron chi connectivity index (χ3n) is 2.72. The molecule has 18 heavy (non-hydrogen) atoms. The first kappa shape index (κ1) is 14.9. The van der Waals surface area contributed by atoms with Gasteiger partial charge in [0.05, 0.1) is 5.02 Å². The number of benzene rings is 1. The molecule has 1 amide bonds. The van der Waals surface area contributed by atoms with Gasteiger partial charge in [0, 0.05) is 18.2 Å². The fraction of sp³-hybridized carbons (Fsp3) is 0.462. The Hall–Kier alpha value is -1.13. The highest BCUT2D eigenvalue weighted by atomic mass is 35.5. The van der Waals surface area contributed by atoms with Crippen LogP contribution in [0.5, 0.6) is 0 Å². The van der Waals surface area contributed by atoms with E-state index in [0.29, 0.717) is 5.69 Å². The number of halogens is 2. The van der Waals surface area contributed by atoms with Crippen LogP contribution >= 0.6 is 11.6 Å². The first-order valence-electron chi connectivity index (χ1n) is 5.70. The zero-order valence-corrected chi connectivity index (χ0v) is 11.5. The van der Waals surface area contributed by atoms with Crippen molar-refractivity contribution in [2.75, 3.05) is 5.32 Å². The lowest BCUT2D eigenvalue weighted by Gasteiger charge is -2.26. The molecule has 1 unspecified atom stereocenters. The molecule has 0 aliphatic carbocycles. The summed E-state index contributed by atoms with van der Waals surface area (Å²) < 4.78 is 12.9. The molecule has 1 aromatic rings. The minimum absolute atomic E-state index is 0.0204. The number of nitrogens with one attached hydrogen (secondary N) is 1. The molecule has 1 rings (SSSR count). The molecule has 1 atom stereocenters. The minimum atomic E-state index is -0.513. The van der Waals surface area contributed by atoms with Crippen molar-refractivity contribution in [1.29, 1.82) is 0 Å². The third-order valence-corrected chi connectivity index (χ3v) is 3.01. The van der Waals surface area contributed by atoms with Crippen LogP contribution in [0, 0.1) is 11.2 Å². The summed E-state index contributed by atoms with van der Waals surface area (Å²) in [6.07, 6.45) is 0.207. The summed E-state index contributed by atoms with van der Waals surface area (Å²) in [6, 6.07) is 3.80. The van der Waals surface area contributed by atoms with Crippen molar-refractivity contribution in [3.63, 3.8) is 0 Å². The molecule has 0 saturated carbocycles. The van der Waals surface area contributed by atoms with Gasteiger partial charge in [-0.15, -0.1) is 0 Å². The highest BCUT2D eigenvalue weighted by molar-refractivity contribution is 6.31. The van der Waals surface area contributed by atoms with Crippen LogP contribution in [0.1, 0.15) is 27.2 Å². The van der Waals surface area contributed by atoms with E-state index in [2.05, 4.69) is 5.32 Å². The van der Waals surface area contributed by atoms with E-state index in [4.69, 9.17) is 17.3 Å². The van der Waals surface area contributed by atoms with Crippen molar-refractivity contribution >= 4 is 23.2 Å². The van der Waals surface area contributed by atoms with E-state index in [-0.39, 0.29) is 28.8 Å². The van der Waals surface area contributed by atoms with Gasteiger partial charge in [-0.05, 0) is 23.6 Å². The Labute approximate surface area is 112 Å². The summed E-state index contributed by atoms with van der Waals surface area (Å²) in [5, 5.41) is 2.62. The van der Waals surface area contributed by atoms with Crippen LogP contribution in [0.3, 0.4) is 0 Å². The SMILES string of the molecule is CC(C)(C)C(N)CC(=O)Nc1ccc(F)c(Cl)c1. The highest BCUT2D eigenvalue weighted by Crippen LogP contribution is 2.22. The highest BCUT2D eigenvalue weighted by Gasteiger charge is 2.23. The molecule has 0 fully saturated rings. The largest absolute Gasteiger partial charge is 0.327 e. The van der Waals surface area contributed by atoms with Crippen molar-refractivity contribution in [3.05, 3.63) is 29.0 Å².